The highest BCUT2D eigenvalue weighted by Gasteiger charge is 2.23. The van der Waals surface area contributed by atoms with Crippen LogP contribution in [0.3, 0.4) is 0 Å². The zero-order valence-corrected chi connectivity index (χ0v) is 18.3. The predicted molar refractivity (Wildman–Crippen MR) is 124 cm³/mol. The summed E-state index contributed by atoms with van der Waals surface area (Å²) >= 11 is 0. The Morgan fingerprint density at radius 2 is 1.94 bits per heavy atom. The third-order valence-corrected chi connectivity index (χ3v) is 5.81. The van der Waals surface area contributed by atoms with Crippen LogP contribution in [0.1, 0.15) is 32.8 Å². The lowest BCUT2D eigenvalue weighted by atomic mass is 10.0. The molecule has 2 amide bonds. The molecule has 2 N–H and O–H groups in total. The molecular formula is C25H27N5O2. The van der Waals surface area contributed by atoms with Gasteiger partial charge in [0.1, 0.15) is 11.3 Å². The molecule has 7 nitrogen and oxygen atoms in total. The molecule has 0 saturated heterocycles. The molecule has 4 rings (SSSR count). The van der Waals surface area contributed by atoms with E-state index in [-0.39, 0.29) is 17.9 Å². The Kier molecular flexibility index (Phi) is 6.35. The maximum absolute atomic E-state index is 13.4. The molecule has 4 aromatic rings. The fraction of sp³-hybridized carbons (Fsp3) is 0.240. The maximum Gasteiger partial charge on any atom is 0.267 e. The Morgan fingerprint density at radius 1 is 1.12 bits per heavy atom. The summed E-state index contributed by atoms with van der Waals surface area (Å²) in [5, 5.41) is 3.79. The van der Waals surface area contributed by atoms with Crippen LogP contribution in [0, 0.1) is 0 Å². The van der Waals surface area contributed by atoms with E-state index in [1.807, 2.05) is 50.6 Å². The normalized spacial score (nSPS) is 11.9. The van der Waals surface area contributed by atoms with Gasteiger partial charge in [-0.05, 0) is 42.7 Å². The molecule has 0 saturated carbocycles. The fourth-order valence-electron chi connectivity index (χ4n) is 3.96. The van der Waals surface area contributed by atoms with Gasteiger partial charge in [-0.15, -0.1) is 0 Å². The first-order valence-electron chi connectivity index (χ1n) is 10.7. The first-order chi connectivity index (χ1) is 15.5. The molecule has 1 aromatic carbocycles. The van der Waals surface area contributed by atoms with E-state index in [1.165, 1.54) is 0 Å². The van der Waals surface area contributed by atoms with Crippen LogP contribution in [0.15, 0.2) is 73.2 Å². The molecule has 0 aliphatic rings. The van der Waals surface area contributed by atoms with Crippen molar-refractivity contribution in [3.8, 4) is 0 Å². The van der Waals surface area contributed by atoms with Gasteiger partial charge in [0.15, 0.2) is 0 Å². The largest absolute Gasteiger partial charge is 0.351 e. The minimum atomic E-state index is -0.117. The number of amides is 2. The van der Waals surface area contributed by atoms with Crippen molar-refractivity contribution in [2.45, 2.75) is 18.9 Å². The van der Waals surface area contributed by atoms with Crippen molar-refractivity contribution in [1.82, 2.24) is 24.8 Å². The molecule has 7 heteroatoms. The first kappa shape index (κ1) is 21.4. The highest BCUT2D eigenvalue weighted by molar-refractivity contribution is 6.05. The third kappa shape index (κ3) is 4.56. The first-order valence-corrected chi connectivity index (χ1v) is 10.7. The van der Waals surface area contributed by atoms with E-state index in [2.05, 4.69) is 27.4 Å². The van der Waals surface area contributed by atoms with Crippen LogP contribution in [-0.2, 0) is 13.5 Å². The Balaban J connectivity index is 1.50. The van der Waals surface area contributed by atoms with Crippen molar-refractivity contribution in [3.63, 3.8) is 0 Å². The van der Waals surface area contributed by atoms with Crippen molar-refractivity contribution in [2.75, 3.05) is 13.6 Å². The fourth-order valence-corrected chi connectivity index (χ4v) is 3.96. The van der Waals surface area contributed by atoms with Crippen LogP contribution >= 0.6 is 0 Å². The number of fused-ring (bicyclic) bond motifs is 1. The SMILES string of the molecule is CN(C(=O)c1ccnc2[nH]ccc12)[C@H](CCNC(=O)c1cccn1C)Cc1ccccc1. The second kappa shape index (κ2) is 9.51. The Labute approximate surface area is 187 Å². The molecule has 1 atom stereocenters. The van der Waals surface area contributed by atoms with Gasteiger partial charge in [-0.2, -0.15) is 0 Å². The monoisotopic (exact) mass is 429 g/mol. The summed E-state index contributed by atoms with van der Waals surface area (Å²) < 4.78 is 1.79. The molecule has 32 heavy (non-hydrogen) atoms. The number of nitrogens with one attached hydrogen (secondary N) is 2. The molecule has 0 bridgehead atoms. The Bertz CT molecular complexity index is 1210. The van der Waals surface area contributed by atoms with E-state index in [0.29, 0.717) is 36.3 Å². The van der Waals surface area contributed by atoms with Crippen LogP contribution in [0.25, 0.3) is 11.0 Å². The molecule has 0 radical (unpaired) electrons. The van der Waals surface area contributed by atoms with Crippen molar-refractivity contribution in [2.24, 2.45) is 7.05 Å². The smallest absolute Gasteiger partial charge is 0.267 e. The highest BCUT2D eigenvalue weighted by atomic mass is 16.2. The number of aryl methyl sites for hydroxylation is 1. The zero-order valence-electron chi connectivity index (χ0n) is 18.3. The van der Waals surface area contributed by atoms with Crippen molar-refractivity contribution in [1.29, 1.82) is 0 Å². The van der Waals surface area contributed by atoms with Crippen molar-refractivity contribution in [3.05, 3.63) is 90.0 Å². The summed E-state index contributed by atoms with van der Waals surface area (Å²) in [6, 6.07) is 17.3. The number of benzene rings is 1. The van der Waals surface area contributed by atoms with Gasteiger partial charge in [0.2, 0.25) is 0 Å². The summed E-state index contributed by atoms with van der Waals surface area (Å²) in [5.41, 5.74) is 3.07. The van der Waals surface area contributed by atoms with Gasteiger partial charge in [0.05, 0.1) is 5.56 Å². The number of pyridine rings is 1. The lowest BCUT2D eigenvalue weighted by Gasteiger charge is -2.29. The van der Waals surface area contributed by atoms with E-state index in [1.54, 1.807) is 34.0 Å². The quantitative estimate of drug-likeness (QED) is 0.450. The van der Waals surface area contributed by atoms with Crippen molar-refractivity contribution >= 4 is 22.8 Å². The lowest BCUT2D eigenvalue weighted by Crippen LogP contribution is -2.41. The number of hydrogen-bond acceptors (Lipinski definition) is 3. The molecule has 0 fully saturated rings. The number of nitrogens with zero attached hydrogens (tertiary/aromatic N) is 3. The molecule has 0 aliphatic heterocycles. The van der Waals surface area contributed by atoms with E-state index in [4.69, 9.17) is 0 Å². The number of H-pyrrole nitrogens is 1. The van der Waals surface area contributed by atoms with Gasteiger partial charge < -0.3 is 19.8 Å². The number of likely N-dealkylation sites (N-methyl/N-ethyl adjacent to an activating group) is 1. The number of carbonyl (C=O) groups excluding carboxylic acids is 2. The minimum absolute atomic E-state index is 0.0632. The van der Waals surface area contributed by atoms with Crippen molar-refractivity contribution < 1.29 is 9.59 Å². The van der Waals surface area contributed by atoms with Crippen LogP contribution < -0.4 is 5.32 Å². The standard InChI is InChI=1S/C25H27N5O2/c1-29-16-6-9-22(29)24(31)28-13-10-19(17-18-7-4-3-5-8-18)30(2)25(32)21-12-15-27-23-20(21)11-14-26-23/h3-9,11-12,14-16,19H,10,13,17H2,1-2H3,(H,26,27)(H,28,31)/t19-/m1/s1. The number of rotatable bonds is 8. The summed E-state index contributed by atoms with van der Waals surface area (Å²) in [4.78, 5) is 35.0. The molecule has 3 aromatic heterocycles. The van der Waals surface area contributed by atoms with Crippen LogP contribution in [0.5, 0.6) is 0 Å². The average Bonchev–Trinajstić information content (AvgIpc) is 3.46. The Hall–Kier alpha value is -3.87. The average molecular weight is 430 g/mol. The van der Waals surface area contributed by atoms with E-state index in [9.17, 15) is 9.59 Å². The van der Waals surface area contributed by atoms with Gasteiger partial charge in [-0.25, -0.2) is 4.98 Å². The topological polar surface area (TPSA) is 83.0 Å². The highest BCUT2D eigenvalue weighted by Crippen LogP contribution is 2.20. The number of hydrogen-bond donors (Lipinski definition) is 2. The molecule has 0 spiro atoms. The van der Waals surface area contributed by atoms with Gasteiger partial charge in [0.25, 0.3) is 11.8 Å². The van der Waals surface area contributed by atoms with E-state index >= 15 is 0 Å². The van der Waals surface area contributed by atoms with Gasteiger partial charge in [-0.1, -0.05) is 30.3 Å². The molecule has 0 unspecified atom stereocenters. The summed E-state index contributed by atoms with van der Waals surface area (Å²) in [7, 11) is 3.67. The minimum Gasteiger partial charge on any atom is -0.351 e. The van der Waals surface area contributed by atoms with Crippen LogP contribution in [0.2, 0.25) is 0 Å². The third-order valence-electron chi connectivity index (χ3n) is 5.81. The van der Waals surface area contributed by atoms with Crippen LogP contribution in [-0.4, -0.2) is 50.9 Å². The molecule has 164 valence electrons. The summed E-state index contributed by atoms with van der Waals surface area (Å²) in [5.74, 6) is -0.181. The lowest BCUT2D eigenvalue weighted by molar-refractivity contribution is 0.0724. The van der Waals surface area contributed by atoms with Gasteiger partial charge in [0, 0.05) is 50.7 Å². The maximum atomic E-state index is 13.4. The van der Waals surface area contributed by atoms with Gasteiger partial charge >= 0.3 is 0 Å². The van der Waals surface area contributed by atoms with E-state index < -0.39 is 0 Å². The number of carbonyl (C=O) groups is 2. The molecular weight excluding hydrogens is 402 g/mol. The molecule has 0 aliphatic carbocycles. The van der Waals surface area contributed by atoms with Gasteiger partial charge in [-0.3, -0.25) is 9.59 Å². The number of aromatic amines is 1. The second-order valence-corrected chi connectivity index (χ2v) is 7.91. The Morgan fingerprint density at radius 3 is 2.69 bits per heavy atom. The number of aromatic nitrogens is 3. The summed E-state index contributed by atoms with van der Waals surface area (Å²) in [6.07, 6.45) is 6.61. The predicted octanol–water partition coefficient (Wildman–Crippen LogP) is 3.40. The zero-order chi connectivity index (χ0) is 22.5. The summed E-state index contributed by atoms with van der Waals surface area (Å²) in [6.45, 7) is 0.467. The second-order valence-electron chi connectivity index (χ2n) is 7.91. The molecule has 3 heterocycles. The van der Waals surface area contributed by atoms with Crippen LogP contribution in [0.4, 0.5) is 0 Å². The van der Waals surface area contributed by atoms with E-state index in [0.717, 1.165) is 10.9 Å².